The first-order valence-corrected chi connectivity index (χ1v) is 9.87. The van der Waals surface area contributed by atoms with Crippen molar-refractivity contribution in [3.63, 3.8) is 0 Å². The predicted octanol–water partition coefficient (Wildman–Crippen LogP) is 5.05. The first-order valence-electron chi connectivity index (χ1n) is 8.65. The van der Waals surface area contributed by atoms with Crippen LogP contribution in [-0.4, -0.2) is 26.2 Å². The Morgan fingerprint density at radius 3 is 2.63 bits per heavy atom. The van der Waals surface area contributed by atoms with Gasteiger partial charge in [-0.1, -0.05) is 60.4 Å². The highest BCUT2D eigenvalue weighted by Crippen LogP contribution is 2.34. The Labute approximate surface area is 166 Å². The van der Waals surface area contributed by atoms with E-state index in [9.17, 15) is 9.18 Å². The van der Waals surface area contributed by atoms with Crippen molar-refractivity contribution in [3.8, 4) is 0 Å². The molecule has 0 bridgehead atoms. The van der Waals surface area contributed by atoms with Crippen molar-refractivity contribution in [2.24, 2.45) is 0 Å². The highest BCUT2D eigenvalue weighted by atomic mass is 32.2. The summed E-state index contributed by atoms with van der Waals surface area (Å²) < 4.78 is 16.7. The minimum atomic E-state index is -0.222. The lowest BCUT2D eigenvalue weighted by atomic mass is 10.1. The Hall–Kier alpha value is -2.44. The van der Waals surface area contributed by atoms with Crippen LogP contribution in [0.5, 0.6) is 0 Å². The molecule has 6 heteroatoms. The smallest absolute Gasteiger partial charge is 0.266 e. The van der Waals surface area contributed by atoms with Gasteiger partial charge in [-0.05, 0) is 25.1 Å². The van der Waals surface area contributed by atoms with E-state index in [4.69, 9.17) is 12.2 Å². The summed E-state index contributed by atoms with van der Waals surface area (Å²) in [5.41, 5.74) is 2.55. The molecule has 3 nitrogen and oxygen atoms in total. The lowest BCUT2D eigenvalue weighted by Crippen LogP contribution is -2.27. The maximum absolute atomic E-state index is 14.1. The molecule has 1 amide bonds. The number of carbonyl (C=O) groups is 1. The first-order chi connectivity index (χ1) is 13.1. The van der Waals surface area contributed by atoms with Gasteiger partial charge in [-0.2, -0.15) is 0 Å². The van der Waals surface area contributed by atoms with Crippen LogP contribution >= 0.6 is 24.0 Å². The van der Waals surface area contributed by atoms with Crippen molar-refractivity contribution in [2.45, 2.75) is 13.5 Å². The number of thiocarbonyl (C=S) groups is 1. The van der Waals surface area contributed by atoms with E-state index in [1.54, 1.807) is 17.0 Å². The molecular weight excluding hydrogens is 379 g/mol. The van der Waals surface area contributed by atoms with Crippen LogP contribution in [0.25, 0.3) is 17.0 Å². The molecule has 4 rings (SSSR count). The number of halogens is 1. The number of hydrogen-bond acceptors (Lipinski definition) is 3. The summed E-state index contributed by atoms with van der Waals surface area (Å²) in [6.07, 6.45) is 3.85. The van der Waals surface area contributed by atoms with Gasteiger partial charge in [0.25, 0.3) is 5.91 Å². The van der Waals surface area contributed by atoms with Gasteiger partial charge in [-0.15, -0.1) is 0 Å². The quantitative estimate of drug-likeness (QED) is 0.456. The average Bonchev–Trinajstić information content (AvgIpc) is 3.14. The van der Waals surface area contributed by atoms with Crippen molar-refractivity contribution in [1.29, 1.82) is 0 Å². The second-order valence-corrected chi connectivity index (χ2v) is 7.92. The Morgan fingerprint density at radius 1 is 1.15 bits per heavy atom. The van der Waals surface area contributed by atoms with Crippen molar-refractivity contribution < 1.29 is 9.18 Å². The van der Waals surface area contributed by atoms with Gasteiger partial charge in [0, 0.05) is 34.8 Å². The third-order valence-corrected chi connectivity index (χ3v) is 5.97. The molecule has 1 saturated heterocycles. The first kappa shape index (κ1) is 17.9. The number of para-hydroxylation sites is 1. The Balaban J connectivity index is 1.77. The summed E-state index contributed by atoms with van der Waals surface area (Å²) in [4.78, 5) is 14.7. The number of nitrogens with zero attached hydrogens (tertiary/aromatic N) is 2. The summed E-state index contributed by atoms with van der Waals surface area (Å²) in [5.74, 6) is -0.279. The maximum Gasteiger partial charge on any atom is 0.266 e. The van der Waals surface area contributed by atoms with Gasteiger partial charge in [0.15, 0.2) is 0 Å². The molecule has 1 aliphatic rings. The zero-order valence-corrected chi connectivity index (χ0v) is 16.3. The van der Waals surface area contributed by atoms with E-state index in [1.807, 2.05) is 54.1 Å². The average molecular weight is 397 g/mol. The summed E-state index contributed by atoms with van der Waals surface area (Å²) in [7, 11) is 0. The van der Waals surface area contributed by atoms with Crippen LogP contribution in [0.3, 0.4) is 0 Å². The molecule has 2 aromatic carbocycles. The van der Waals surface area contributed by atoms with E-state index < -0.39 is 0 Å². The lowest BCUT2D eigenvalue weighted by molar-refractivity contribution is -0.121. The van der Waals surface area contributed by atoms with Crippen molar-refractivity contribution in [3.05, 3.63) is 76.6 Å². The molecule has 27 heavy (non-hydrogen) atoms. The SMILES string of the molecule is CCN1C(=O)C(=Cc2cn(Cc3ccccc3F)c3ccccc23)SC1=S. The molecule has 3 aromatic rings. The van der Waals surface area contributed by atoms with Crippen LogP contribution in [0.4, 0.5) is 4.39 Å². The van der Waals surface area contributed by atoms with Crippen LogP contribution in [0.2, 0.25) is 0 Å². The number of amides is 1. The molecule has 2 heterocycles. The fraction of sp³-hybridized carbons (Fsp3) is 0.143. The van der Waals surface area contributed by atoms with Crippen LogP contribution in [-0.2, 0) is 11.3 Å². The van der Waals surface area contributed by atoms with Gasteiger partial charge >= 0.3 is 0 Å². The number of rotatable bonds is 4. The summed E-state index contributed by atoms with van der Waals surface area (Å²) >= 11 is 6.62. The molecule has 136 valence electrons. The molecular formula is C21H17FN2OS2. The van der Waals surface area contributed by atoms with Gasteiger partial charge in [-0.25, -0.2) is 4.39 Å². The topological polar surface area (TPSA) is 25.2 Å². The Kier molecular flexibility index (Phi) is 4.85. The fourth-order valence-electron chi connectivity index (χ4n) is 3.25. The number of thioether (sulfide) groups is 1. The summed E-state index contributed by atoms with van der Waals surface area (Å²) in [6.45, 7) is 2.90. The van der Waals surface area contributed by atoms with E-state index in [2.05, 4.69) is 0 Å². The number of aromatic nitrogens is 1. The molecule has 0 spiro atoms. The van der Waals surface area contributed by atoms with Crippen molar-refractivity contribution >= 4 is 51.2 Å². The lowest BCUT2D eigenvalue weighted by Gasteiger charge is -2.09. The monoisotopic (exact) mass is 396 g/mol. The largest absolute Gasteiger partial charge is 0.342 e. The second-order valence-electron chi connectivity index (χ2n) is 6.25. The van der Waals surface area contributed by atoms with Gasteiger partial charge in [0.1, 0.15) is 10.1 Å². The predicted molar refractivity (Wildman–Crippen MR) is 113 cm³/mol. The second kappa shape index (κ2) is 7.29. The molecule has 1 fully saturated rings. The molecule has 1 aromatic heterocycles. The van der Waals surface area contributed by atoms with E-state index in [0.717, 1.165) is 16.5 Å². The van der Waals surface area contributed by atoms with Crippen LogP contribution < -0.4 is 0 Å². The zero-order valence-electron chi connectivity index (χ0n) is 14.7. The molecule has 0 saturated carbocycles. The van der Waals surface area contributed by atoms with Gasteiger partial charge < -0.3 is 4.57 Å². The zero-order chi connectivity index (χ0) is 19.0. The van der Waals surface area contributed by atoms with Crippen molar-refractivity contribution in [2.75, 3.05) is 6.54 Å². The highest BCUT2D eigenvalue weighted by Gasteiger charge is 2.30. The van der Waals surface area contributed by atoms with E-state index in [0.29, 0.717) is 27.9 Å². The normalized spacial score (nSPS) is 16.1. The van der Waals surface area contributed by atoms with Gasteiger partial charge in [0.2, 0.25) is 0 Å². The van der Waals surface area contributed by atoms with E-state index in [1.165, 1.54) is 17.8 Å². The maximum atomic E-state index is 14.1. The molecule has 0 N–H and O–H groups in total. The van der Waals surface area contributed by atoms with Crippen LogP contribution in [0.15, 0.2) is 59.6 Å². The molecule has 0 unspecified atom stereocenters. The number of benzene rings is 2. The van der Waals surface area contributed by atoms with Gasteiger partial charge in [-0.3, -0.25) is 9.69 Å². The highest BCUT2D eigenvalue weighted by molar-refractivity contribution is 8.26. The number of fused-ring (bicyclic) bond motifs is 1. The number of hydrogen-bond donors (Lipinski definition) is 0. The fourth-order valence-corrected chi connectivity index (χ4v) is 4.62. The van der Waals surface area contributed by atoms with E-state index in [-0.39, 0.29) is 11.7 Å². The number of carbonyl (C=O) groups excluding carboxylic acids is 1. The summed E-state index contributed by atoms with van der Waals surface area (Å²) in [6, 6.07) is 14.7. The van der Waals surface area contributed by atoms with Crippen LogP contribution in [0, 0.1) is 5.82 Å². The third-order valence-electron chi connectivity index (χ3n) is 4.59. The molecule has 0 radical (unpaired) electrons. The van der Waals surface area contributed by atoms with Crippen molar-refractivity contribution in [1.82, 2.24) is 9.47 Å². The minimum Gasteiger partial charge on any atom is -0.342 e. The standard InChI is InChI=1S/C21H17FN2OS2/c1-2-24-20(25)19(27-21(24)26)11-15-13-23(18-10-6-4-8-16(15)18)12-14-7-3-5-9-17(14)22/h3-11,13H,2,12H2,1H3. The molecule has 1 aliphatic heterocycles. The minimum absolute atomic E-state index is 0.0570. The van der Waals surface area contributed by atoms with Crippen LogP contribution in [0.1, 0.15) is 18.1 Å². The third kappa shape index (κ3) is 3.31. The molecule has 0 aliphatic carbocycles. The summed E-state index contributed by atoms with van der Waals surface area (Å²) in [5, 5.41) is 1.02. The molecule has 0 atom stereocenters. The Morgan fingerprint density at radius 2 is 1.89 bits per heavy atom. The Bertz CT molecular complexity index is 1090. The van der Waals surface area contributed by atoms with E-state index >= 15 is 0 Å². The van der Waals surface area contributed by atoms with Gasteiger partial charge in [0.05, 0.1) is 11.4 Å². The number of likely N-dealkylation sites (N-methyl/N-ethyl adjacent to an activating group) is 1.